The van der Waals surface area contributed by atoms with Crippen LogP contribution in [0.4, 0.5) is 5.69 Å². The molecule has 0 aliphatic heterocycles. The van der Waals surface area contributed by atoms with Crippen LogP contribution in [-0.2, 0) is 6.54 Å². The van der Waals surface area contributed by atoms with Crippen molar-refractivity contribution < 1.29 is 9.90 Å². The molecular weight excluding hydrogens is 316 g/mol. The third kappa shape index (κ3) is 4.32. The first-order valence-electron chi connectivity index (χ1n) is 7.22. The second kappa shape index (κ2) is 7.28. The van der Waals surface area contributed by atoms with Crippen LogP contribution in [0, 0.1) is 12.8 Å². The van der Waals surface area contributed by atoms with E-state index >= 15 is 0 Å². The van der Waals surface area contributed by atoms with Gasteiger partial charge in [-0.1, -0.05) is 37.6 Å². The zero-order valence-corrected chi connectivity index (χ0v) is 14.0. The van der Waals surface area contributed by atoms with Gasteiger partial charge in [-0.3, -0.25) is 10.1 Å². The highest BCUT2D eigenvalue weighted by molar-refractivity contribution is 6.32. The van der Waals surface area contributed by atoms with Gasteiger partial charge in [0.15, 0.2) is 0 Å². The highest BCUT2D eigenvalue weighted by Gasteiger charge is 2.12. The van der Waals surface area contributed by atoms with E-state index in [0.717, 1.165) is 17.8 Å². The number of hydrogen-bond acceptors (Lipinski definition) is 5. The van der Waals surface area contributed by atoms with Crippen LogP contribution in [0.2, 0.25) is 5.15 Å². The molecule has 7 heteroatoms. The fraction of sp³-hybridized carbons (Fsp3) is 0.312. The number of nitrogens with zero attached hydrogens (tertiary/aromatic N) is 3. The Kier molecular flexibility index (Phi) is 5.39. The fourth-order valence-corrected chi connectivity index (χ4v) is 2.33. The van der Waals surface area contributed by atoms with Crippen molar-refractivity contribution in [3.8, 4) is 0 Å². The SMILES string of the molecule is Cc1nn(CC(C)C)c(Cl)c1/C=N\Nc1ccc(C(=O)[O-])cc1. The minimum Gasteiger partial charge on any atom is -0.545 e. The number of nitrogens with one attached hydrogen (secondary N) is 1. The molecule has 0 bridgehead atoms. The number of rotatable bonds is 6. The number of benzene rings is 1. The molecule has 1 aromatic heterocycles. The van der Waals surface area contributed by atoms with Crippen molar-refractivity contribution in [3.05, 3.63) is 46.2 Å². The molecule has 2 rings (SSSR count). The first kappa shape index (κ1) is 17.0. The van der Waals surface area contributed by atoms with Crippen molar-refractivity contribution in [3.63, 3.8) is 0 Å². The molecule has 1 heterocycles. The summed E-state index contributed by atoms with van der Waals surface area (Å²) >= 11 is 6.32. The summed E-state index contributed by atoms with van der Waals surface area (Å²) in [5.41, 5.74) is 5.16. The third-order valence-corrected chi connectivity index (χ3v) is 3.55. The van der Waals surface area contributed by atoms with E-state index in [1.54, 1.807) is 23.0 Å². The number of halogens is 1. The van der Waals surface area contributed by atoms with Crippen molar-refractivity contribution in [1.29, 1.82) is 0 Å². The molecule has 2 aromatic rings. The number of aromatic nitrogens is 2. The maximum Gasteiger partial charge on any atom is 0.136 e. The number of anilines is 1. The first-order chi connectivity index (χ1) is 10.9. The normalized spacial score (nSPS) is 11.3. The van der Waals surface area contributed by atoms with E-state index < -0.39 is 5.97 Å². The molecule has 0 spiro atoms. The Labute approximate surface area is 139 Å². The first-order valence-corrected chi connectivity index (χ1v) is 7.59. The molecule has 0 saturated carbocycles. The number of carboxylic acid groups (broad SMARTS) is 1. The molecule has 1 N–H and O–H groups in total. The van der Waals surface area contributed by atoms with E-state index in [2.05, 4.69) is 29.5 Å². The summed E-state index contributed by atoms with van der Waals surface area (Å²) in [5, 5.41) is 19.8. The van der Waals surface area contributed by atoms with Crippen molar-refractivity contribution in [2.45, 2.75) is 27.3 Å². The molecule has 0 atom stereocenters. The lowest BCUT2D eigenvalue weighted by Gasteiger charge is -2.05. The van der Waals surface area contributed by atoms with Gasteiger partial charge < -0.3 is 9.90 Å². The summed E-state index contributed by atoms with van der Waals surface area (Å²) in [6.07, 6.45) is 1.61. The van der Waals surface area contributed by atoms with Crippen LogP contribution < -0.4 is 10.5 Å². The predicted molar refractivity (Wildman–Crippen MR) is 88.8 cm³/mol. The second-order valence-corrected chi connectivity index (χ2v) is 5.96. The Bertz CT molecular complexity index is 720. The van der Waals surface area contributed by atoms with Gasteiger partial charge in [0.25, 0.3) is 0 Å². The standard InChI is InChI=1S/C16H19ClN4O2/c1-10(2)9-21-15(17)14(11(3)20-21)8-18-19-13-6-4-12(5-7-13)16(22)23/h4-8,10,19H,9H2,1-3H3,(H,22,23)/p-1/b18-8-. The maximum absolute atomic E-state index is 10.7. The van der Waals surface area contributed by atoms with Gasteiger partial charge in [0.05, 0.1) is 29.1 Å². The largest absolute Gasteiger partial charge is 0.545 e. The van der Waals surface area contributed by atoms with Crippen LogP contribution in [-0.4, -0.2) is 22.0 Å². The van der Waals surface area contributed by atoms with Gasteiger partial charge in [0, 0.05) is 6.54 Å². The molecule has 23 heavy (non-hydrogen) atoms. The highest BCUT2D eigenvalue weighted by Crippen LogP contribution is 2.19. The molecule has 6 nitrogen and oxygen atoms in total. The Balaban J connectivity index is 2.08. The quantitative estimate of drug-likeness (QED) is 0.649. The summed E-state index contributed by atoms with van der Waals surface area (Å²) < 4.78 is 1.76. The van der Waals surface area contributed by atoms with Gasteiger partial charge in [-0.2, -0.15) is 10.2 Å². The Morgan fingerprint density at radius 2 is 2.09 bits per heavy atom. The number of carbonyl (C=O) groups is 1. The van der Waals surface area contributed by atoms with E-state index in [1.807, 2.05) is 6.92 Å². The van der Waals surface area contributed by atoms with E-state index in [0.29, 0.717) is 16.8 Å². The number of aryl methyl sites for hydroxylation is 1. The van der Waals surface area contributed by atoms with Crippen molar-refractivity contribution in [2.24, 2.45) is 11.0 Å². The Hall–Kier alpha value is -2.34. The lowest BCUT2D eigenvalue weighted by molar-refractivity contribution is -0.255. The van der Waals surface area contributed by atoms with Crippen LogP contribution in [0.15, 0.2) is 29.4 Å². The number of hydrazone groups is 1. The minimum atomic E-state index is -1.21. The Morgan fingerprint density at radius 1 is 1.43 bits per heavy atom. The van der Waals surface area contributed by atoms with Crippen molar-refractivity contribution >= 4 is 29.5 Å². The zero-order valence-electron chi connectivity index (χ0n) is 13.2. The summed E-state index contributed by atoms with van der Waals surface area (Å²) in [6, 6.07) is 6.12. The van der Waals surface area contributed by atoms with Crippen molar-refractivity contribution in [2.75, 3.05) is 5.43 Å². The van der Waals surface area contributed by atoms with E-state index in [1.165, 1.54) is 12.1 Å². The molecule has 0 radical (unpaired) electrons. The average Bonchev–Trinajstić information content (AvgIpc) is 2.74. The molecule has 0 unspecified atom stereocenters. The van der Waals surface area contributed by atoms with E-state index in [4.69, 9.17) is 11.6 Å². The molecule has 1 aromatic carbocycles. The Morgan fingerprint density at radius 3 is 2.65 bits per heavy atom. The topological polar surface area (TPSA) is 82.3 Å². The van der Waals surface area contributed by atoms with E-state index in [-0.39, 0.29) is 5.56 Å². The molecule has 0 amide bonds. The number of carbonyl (C=O) groups excluding carboxylic acids is 1. The fourth-order valence-electron chi connectivity index (χ4n) is 2.03. The van der Waals surface area contributed by atoms with Crippen LogP contribution in [0.1, 0.15) is 35.5 Å². The molecule has 0 saturated heterocycles. The summed E-state index contributed by atoms with van der Waals surface area (Å²) in [4.78, 5) is 10.7. The summed E-state index contributed by atoms with van der Waals surface area (Å²) in [7, 11) is 0. The van der Waals surface area contributed by atoms with Gasteiger partial charge in [-0.15, -0.1) is 0 Å². The zero-order chi connectivity index (χ0) is 17.0. The number of carboxylic acids is 1. The highest BCUT2D eigenvalue weighted by atomic mass is 35.5. The molecule has 0 aliphatic rings. The number of aromatic carboxylic acids is 1. The molecule has 0 aliphatic carbocycles. The minimum absolute atomic E-state index is 0.119. The van der Waals surface area contributed by atoms with E-state index in [9.17, 15) is 9.90 Å². The third-order valence-electron chi connectivity index (χ3n) is 3.16. The molecule has 122 valence electrons. The van der Waals surface area contributed by atoms with Crippen LogP contribution in [0.5, 0.6) is 0 Å². The molecule has 0 fully saturated rings. The van der Waals surface area contributed by atoms with Crippen LogP contribution >= 0.6 is 11.6 Å². The van der Waals surface area contributed by atoms with Crippen LogP contribution in [0.3, 0.4) is 0 Å². The van der Waals surface area contributed by atoms with Gasteiger partial charge in [0.2, 0.25) is 0 Å². The lowest BCUT2D eigenvalue weighted by Crippen LogP contribution is -2.21. The van der Waals surface area contributed by atoms with Crippen LogP contribution in [0.25, 0.3) is 0 Å². The average molecular weight is 334 g/mol. The van der Waals surface area contributed by atoms with Gasteiger partial charge in [-0.25, -0.2) is 0 Å². The van der Waals surface area contributed by atoms with Crippen molar-refractivity contribution in [1.82, 2.24) is 9.78 Å². The molecular formula is C16H18ClN4O2-. The maximum atomic E-state index is 10.7. The summed E-state index contributed by atoms with van der Waals surface area (Å²) in [6.45, 7) is 6.81. The van der Waals surface area contributed by atoms with Gasteiger partial charge >= 0.3 is 0 Å². The monoisotopic (exact) mass is 333 g/mol. The predicted octanol–water partition coefficient (Wildman–Crippen LogP) is 2.31. The van der Waals surface area contributed by atoms with Gasteiger partial charge in [0.1, 0.15) is 5.15 Å². The lowest BCUT2D eigenvalue weighted by atomic mass is 10.2. The number of hydrogen-bond donors (Lipinski definition) is 1. The summed E-state index contributed by atoms with van der Waals surface area (Å²) in [5.74, 6) is -0.767. The second-order valence-electron chi connectivity index (χ2n) is 5.60. The van der Waals surface area contributed by atoms with Gasteiger partial charge in [-0.05, 0) is 30.5 Å². The smallest absolute Gasteiger partial charge is 0.136 e.